The summed E-state index contributed by atoms with van der Waals surface area (Å²) in [6.45, 7) is 1.28. The van der Waals surface area contributed by atoms with Gasteiger partial charge in [0.15, 0.2) is 0 Å². The summed E-state index contributed by atoms with van der Waals surface area (Å²) in [7, 11) is 0. The Hall–Kier alpha value is -2.82. The van der Waals surface area contributed by atoms with Crippen molar-refractivity contribution in [3.63, 3.8) is 0 Å². The maximum atomic E-state index is 11.4. The van der Waals surface area contributed by atoms with E-state index in [1.54, 1.807) is 0 Å². The van der Waals surface area contributed by atoms with E-state index >= 15 is 0 Å². The lowest BCUT2D eigenvalue weighted by Crippen LogP contribution is -2.26. The third-order valence-electron chi connectivity index (χ3n) is 3.43. The van der Waals surface area contributed by atoms with Crippen LogP contribution in [0.15, 0.2) is 54.6 Å². The summed E-state index contributed by atoms with van der Waals surface area (Å²) in [5.41, 5.74) is 2.99. The van der Waals surface area contributed by atoms with E-state index in [9.17, 15) is 9.59 Å². The summed E-state index contributed by atoms with van der Waals surface area (Å²) in [4.78, 5) is 22.5. The molecule has 2 aromatic rings. The number of hydrogen-bond donors (Lipinski definition) is 1. The molecule has 0 saturated carbocycles. The molecule has 22 heavy (non-hydrogen) atoms. The first-order valence-electron chi connectivity index (χ1n) is 6.93. The summed E-state index contributed by atoms with van der Waals surface area (Å²) in [5.74, 6) is -0.493. The van der Waals surface area contributed by atoms with Crippen LogP contribution in [0.25, 0.3) is 11.1 Å². The summed E-state index contributed by atoms with van der Waals surface area (Å²) >= 11 is 0. The molecule has 2 atom stereocenters. The number of rotatable bonds is 3. The zero-order valence-corrected chi connectivity index (χ0v) is 12.0. The zero-order chi connectivity index (χ0) is 15.5. The van der Waals surface area contributed by atoms with Gasteiger partial charge in [0.2, 0.25) is 0 Å². The fourth-order valence-corrected chi connectivity index (χ4v) is 2.41. The Balaban J connectivity index is 1.82. The average molecular weight is 297 g/mol. The highest BCUT2D eigenvalue weighted by Gasteiger charge is 2.37. The highest BCUT2D eigenvalue weighted by molar-refractivity contribution is 5.72. The molecule has 0 radical (unpaired) electrons. The van der Waals surface area contributed by atoms with Gasteiger partial charge in [-0.1, -0.05) is 54.6 Å². The largest absolute Gasteiger partial charge is 0.423 e. The molecule has 112 valence electrons. The molecule has 1 aliphatic rings. The average Bonchev–Trinajstić information content (AvgIpc) is 2.88. The molecule has 0 bridgehead atoms. The molecule has 5 heteroatoms. The van der Waals surface area contributed by atoms with Crippen molar-refractivity contribution in [2.45, 2.75) is 19.3 Å². The lowest BCUT2D eigenvalue weighted by molar-refractivity contribution is -0.163. The second-order valence-corrected chi connectivity index (χ2v) is 4.99. The van der Waals surface area contributed by atoms with Gasteiger partial charge < -0.3 is 14.8 Å². The quantitative estimate of drug-likeness (QED) is 0.884. The summed E-state index contributed by atoms with van der Waals surface area (Å²) in [6.07, 6.45) is -1.53. The number of nitrogens with one attached hydrogen (secondary N) is 1. The Morgan fingerprint density at radius 1 is 1.05 bits per heavy atom. The minimum absolute atomic E-state index is 0.493. The predicted octanol–water partition coefficient (Wildman–Crippen LogP) is 3.02. The van der Waals surface area contributed by atoms with Crippen molar-refractivity contribution in [3.05, 3.63) is 60.2 Å². The van der Waals surface area contributed by atoms with E-state index in [0.717, 1.165) is 16.7 Å². The number of carbonyl (C=O) groups is 2. The van der Waals surface area contributed by atoms with Crippen molar-refractivity contribution in [2.75, 3.05) is 0 Å². The van der Waals surface area contributed by atoms with Crippen molar-refractivity contribution in [2.24, 2.45) is 0 Å². The summed E-state index contributed by atoms with van der Waals surface area (Å²) in [6, 6.07) is 17.2. The van der Waals surface area contributed by atoms with Gasteiger partial charge in [0, 0.05) is 6.92 Å². The topological polar surface area (TPSA) is 64.6 Å². The van der Waals surface area contributed by atoms with Gasteiger partial charge >= 0.3 is 12.1 Å². The number of ether oxygens (including phenoxy) is 2. The van der Waals surface area contributed by atoms with E-state index in [-0.39, 0.29) is 0 Å². The van der Waals surface area contributed by atoms with E-state index < -0.39 is 24.4 Å². The van der Waals surface area contributed by atoms with Gasteiger partial charge in [-0.2, -0.15) is 0 Å². The SMILES string of the molecule is CC(=O)O[C@H]1OC(=O)N[C@@H]1c1ccc(-c2ccccc2)cc1. The number of esters is 1. The molecule has 1 fully saturated rings. The molecule has 0 unspecified atom stereocenters. The fourth-order valence-electron chi connectivity index (χ4n) is 2.41. The fraction of sp³-hybridized carbons (Fsp3) is 0.176. The van der Waals surface area contributed by atoms with Crippen LogP contribution in [0.3, 0.4) is 0 Å². The molecular formula is C17H15NO4. The first kappa shape index (κ1) is 14.1. The molecule has 3 rings (SSSR count). The molecule has 1 saturated heterocycles. The van der Waals surface area contributed by atoms with E-state index in [2.05, 4.69) is 5.32 Å². The Kier molecular flexibility index (Phi) is 3.78. The first-order chi connectivity index (χ1) is 10.6. The van der Waals surface area contributed by atoms with Gasteiger partial charge in [0.25, 0.3) is 6.29 Å². The third kappa shape index (κ3) is 2.93. The molecule has 0 aliphatic carbocycles. The molecule has 0 aromatic heterocycles. The van der Waals surface area contributed by atoms with Crippen LogP contribution < -0.4 is 5.32 Å². The number of cyclic esters (lactones) is 1. The van der Waals surface area contributed by atoms with Crippen LogP contribution in [-0.4, -0.2) is 18.4 Å². The third-order valence-corrected chi connectivity index (χ3v) is 3.43. The number of hydrogen-bond acceptors (Lipinski definition) is 4. The van der Waals surface area contributed by atoms with Gasteiger partial charge in [-0.3, -0.25) is 4.79 Å². The Labute approximate surface area is 127 Å². The van der Waals surface area contributed by atoms with Gasteiger partial charge in [0.1, 0.15) is 6.04 Å². The molecule has 0 spiro atoms. The van der Waals surface area contributed by atoms with Crippen LogP contribution in [0.1, 0.15) is 18.5 Å². The van der Waals surface area contributed by atoms with Crippen molar-refractivity contribution in [1.82, 2.24) is 5.32 Å². The second kappa shape index (κ2) is 5.89. The van der Waals surface area contributed by atoms with Gasteiger partial charge in [-0.25, -0.2) is 4.79 Å². The van der Waals surface area contributed by atoms with Crippen molar-refractivity contribution < 1.29 is 19.1 Å². The van der Waals surface area contributed by atoms with Crippen LogP contribution in [-0.2, 0) is 14.3 Å². The monoisotopic (exact) mass is 297 g/mol. The highest BCUT2D eigenvalue weighted by atomic mass is 16.7. The standard InChI is InChI=1S/C17H15NO4/c1-11(19)21-16-15(18-17(20)22-16)14-9-7-13(8-10-14)12-5-3-2-4-6-12/h2-10,15-16H,1H3,(H,18,20)/t15-,16+/m1/s1. The maximum Gasteiger partial charge on any atom is 0.411 e. The van der Waals surface area contributed by atoms with Crippen molar-refractivity contribution >= 4 is 12.1 Å². The number of benzene rings is 2. The molecule has 1 heterocycles. The maximum absolute atomic E-state index is 11.4. The molecule has 2 aromatic carbocycles. The van der Waals surface area contributed by atoms with E-state index in [1.165, 1.54) is 6.92 Å². The minimum Gasteiger partial charge on any atom is -0.423 e. The second-order valence-electron chi connectivity index (χ2n) is 4.99. The normalized spacial score (nSPS) is 20.1. The van der Waals surface area contributed by atoms with Crippen LogP contribution in [0, 0.1) is 0 Å². The highest BCUT2D eigenvalue weighted by Crippen LogP contribution is 2.28. The van der Waals surface area contributed by atoms with Gasteiger partial charge in [-0.15, -0.1) is 0 Å². The van der Waals surface area contributed by atoms with Crippen LogP contribution >= 0.6 is 0 Å². The lowest BCUT2D eigenvalue weighted by Gasteiger charge is -2.17. The molecule has 1 aliphatic heterocycles. The van der Waals surface area contributed by atoms with E-state index in [0.29, 0.717) is 0 Å². The van der Waals surface area contributed by atoms with Gasteiger partial charge in [-0.05, 0) is 16.7 Å². The lowest BCUT2D eigenvalue weighted by atomic mass is 10.0. The van der Waals surface area contributed by atoms with Crippen molar-refractivity contribution in [1.29, 1.82) is 0 Å². The summed E-state index contributed by atoms with van der Waals surface area (Å²) < 4.78 is 9.98. The Bertz CT molecular complexity index is 682. The van der Waals surface area contributed by atoms with Crippen molar-refractivity contribution in [3.8, 4) is 11.1 Å². The Morgan fingerprint density at radius 2 is 1.68 bits per heavy atom. The molecule has 1 amide bonds. The number of amides is 1. The van der Waals surface area contributed by atoms with Crippen LogP contribution in [0.4, 0.5) is 4.79 Å². The first-order valence-corrected chi connectivity index (χ1v) is 6.93. The van der Waals surface area contributed by atoms with Crippen LogP contribution in [0.2, 0.25) is 0 Å². The van der Waals surface area contributed by atoms with E-state index in [1.807, 2.05) is 54.6 Å². The van der Waals surface area contributed by atoms with E-state index in [4.69, 9.17) is 9.47 Å². The smallest absolute Gasteiger partial charge is 0.411 e. The molecule has 1 N–H and O–H groups in total. The zero-order valence-electron chi connectivity index (χ0n) is 12.0. The summed E-state index contributed by atoms with van der Waals surface area (Å²) in [5, 5.41) is 2.65. The molecular weight excluding hydrogens is 282 g/mol. The molecule has 5 nitrogen and oxygen atoms in total. The predicted molar refractivity (Wildman–Crippen MR) is 79.8 cm³/mol. The minimum atomic E-state index is -0.937. The van der Waals surface area contributed by atoms with Crippen LogP contribution in [0.5, 0.6) is 0 Å². The number of alkyl carbamates (subject to hydrolysis) is 1. The Morgan fingerprint density at radius 3 is 2.32 bits per heavy atom. The van der Waals surface area contributed by atoms with Gasteiger partial charge in [0.05, 0.1) is 0 Å². The number of carbonyl (C=O) groups excluding carboxylic acids is 2.